The molecular formula is C10H17N3S. The van der Waals surface area contributed by atoms with Gasteiger partial charge in [-0.05, 0) is 32.0 Å². The predicted molar refractivity (Wildman–Crippen MR) is 60.5 cm³/mol. The van der Waals surface area contributed by atoms with Gasteiger partial charge in [0.1, 0.15) is 0 Å². The van der Waals surface area contributed by atoms with Crippen molar-refractivity contribution in [3.05, 3.63) is 18.5 Å². The summed E-state index contributed by atoms with van der Waals surface area (Å²) in [7, 11) is 0. The summed E-state index contributed by atoms with van der Waals surface area (Å²) < 4.78 is 0. The Morgan fingerprint density at radius 2 is 2.07 bits per heavy atom. The van der Waals surface area contributed by atoms with Crippen LogP contribution in [0.2, 0.25) is 0 Å². The van der Waals surface area contributed by atoms with Gasteiger partial charge < -0.3 is 5.32 Å². The van der Waals surface area contributed by atoms with E-state index in [1.165, 1.54) is 12.8 Å². The maximum atomic E-state index is 4.14. The lowest BCUT2D eigenvalue weighted by molar-refractivity contribution is 0.664. The Bertz CT molecular complexity index is 228. The van der Waals surface area contributed by atoms with Gasteiger partial charge in [-0.1, -0.05) is 18.7 Å². The maximum Gasteiger partial charge on any atom is 0.187 e. The molecule has 78 valence electrons. The lowest BCUT2D eigenvalue weighted by Crippen LogP contribution is -2.16. The van der Waals surface area contributed by atoms with Gasteiger partial charge >= 0.3 is 0 Å². The molecule has 0 bridgehead atoms. The van der Waals surface area contributed by atoms with Crippen LogP contribution < -0.4 is 5.32 Å². The molecule has 14 heavy (non-hydrogen) atoms. The molecule has 4 heteroatoms. The number of thioether (sulfide) groups is 1. The summed E-state index contributed by atoms with van der Waals surface area (Å²) in [5.41, 5.74) is 0. The van der Waals surface area contributed by atoms with Crippen LogP contribution in [-0.4, -0.2) is 28.8 Å². The Hall–Kier alpha value is -0.610. The van der Waals surface area contributed by atoms with Crippen LogP contribution >= 0.6 is 11.8 Å². The molecule has 0 atom stereocenters. The van der Waals surface area contributed by atoms with E-state index in [1.54, 1.807) is 24.2 Å². The average molecular weight is 211 g/mol. The van der Waals surface area contributed by atoms with E-state index in [9.17, 15) is 0 Å². The van der Waals surface area contributed by atoms with Crippen molar-refractivity contribution in [1.29, 1.82) is 0 Å². The summed E-state index contributed by atoms with van der Waals surface area (Å²) in [6.45, 7) is 4.39. The standard InChI is InChI=1S/C10H17N3S/c1-2-5-11-6-4-9-14-10-12-7-3-8-13-10/h3,7-8,11H,2,4-6,9H2,1H3. The van der Waals surface area contributed by atoms with Gasteiger partial charge in [0.15, 0.2) is 5.16 Å². The van der Waals surface area contributed by atoms with Crippen molar-refractivity contribution in [2.75, 3.05) is 18.8 Å². The molecule has 0 spiro atoms. The molecule has 0 fully saturated rings. The van der Waals surface area contributed by atoms with Crippen molar-refractivity contribution < 1.29 is 0 Å². The first-order chi connectivity index (χ1) is 6.93. The molecule has 1 N–H and O–H groups in total. The van der Waals surface area contributed by atoms with Crippen LogP contribution in [0.5, 0.6) is 0 Å². The molecule has 0 radical (unpaired) electrons. The molecule has 1 aromatic heterocycles. The van der Waals surface area contributed by atoms with Crippen LogP contribution in [0, 0.1) is 0 Å². The minimum Gasteiger partial charge on any atom is -0.317 e. The monoisotopic (exact) mass is 211 g/mol. The molecule has 3 nitrogen and oxygen atoms in total. The zero-order valence-electron chi connectivity index (χ0n) is 8.57. The van der Waals surface area contributed by atoms with Gasteiger partial charge in [-0.2, -0.15) is 0 Å². The van der Waals surface area contributed by atoms with Gasteiger partial charge in [0.25, 0.3) is 0 Å². The van der Waals surface area contributed by atoms with Crippen molar-refractivity contribution in [3.8, 4) is 0 Å². The van der Waals surface area contributed by atoms with E-state index in [4.69, 9.17) is 0 Å². The third-order valence-corrected chi connectivity index (χ3v) is 2.66. The molecular weight excluding hydrogens is 194 g/mol. The molecule has 0 aliphatic rings. The predicted octanol–water partition coefficient (Wildman–Crippen LogP) is 1.96. The average Bonchev–Trinajstić information content (AvgIpc) is 2.25. The van der Waals surface area contributed by atoms with Gasteiger partial charge in [0.2, 0.25) is 0 Å². The summed E-state index contributed by atoms with van der Waals surface area (Å²) in [6.07, 6.45) is 5.94. The van der Waals surface area contributed by atoms with Crippen molar-refractivity contribution in [2.45, 2.75) is 24.9 Å². The lowest BCUT2D eigenvalue weighted by Gasteiger charge is -2.01. The molecule has 1 aromatic rings. The Balaban J connectivity index is 1.99. The minimum atomic E-state index is 0.878. The number of nitrogens with one attached hydrogen (secondary N) is 1. The first kappa shape index (κ1) is 11.5. The van der Waals surface area contributed by atoms with Crippen molar-refractivity contribution in [2.24, 2.45) is 0 Å². The highest BCUT2D eigenvalue weighted by molar-refractivity contribution is 7.99. The number of hydrogen-bond acceptors (Lipinski definition) is 4. The molecule has 0 aromatic carbocycles. The van der Waals surface area contributed by atoms with Gasteiger partial charge in [0, 0.05) is 18.1 Å². The maximum absolute atomic E-state index is 4.14. The summed E-state index contributed by atoms with van der Waals surface area (Å²) in [4.78, 5) is 8.29. The normalized spacial score (nSPS) is 10.4. The van der Waals surface area contributed by atoms with Gasteiger partial charge in [-0.3, -0.25) is 0 Å². The van der Waals surface area contributed by atoms with E-state index in [0.29, 0.717) is 0 Å². The molecule has 0 aliphatic carbocycles. The quantitative estimate of drug-likeness (QED) is 0.425. The van der Waals surface area contributed by atoms with E-state index < -0.39 is 0 Å². The second kappa shape index (κ2) is 7.76. The minimum absolute atomic E-state index is 0.878. The number of hydrogen-bond donors (Lipinski definition) is 1. The smallest absolute Gasteiger partial charge is 0.187 e. The highest BCUT2D eigenvalue weighted by atomic mass is 32.2. The second-order valence-corrected chi connectivity index (χ2v) is 4.05. The first-order valence-electron chi connectivity index (χ1n) is 5.04. The number of nitrogens with zero attached hydrogens (tertiary/aromatic N) is 2. The molecule has 1 rings (SSSR count). The zero-order valence-corrected chi connectivity index (χ0v) is 9.39. The van der Waals surface area contributed by atoms with Crippen LogP contribution in [0.25, 0.3) is 0 Å². The van der Waals surface area contributed by atoms with Gasteiger partial charge in [0.05, 0.1) is 0 Å². The molecule has 0 saturated heterocycles. The molecule has 0 saturated carbocycles. The summed E-state index contributed by atoms with van der Waals surface area (Å²) in [5, 5.41) is 4.24. The van der Waals surface area contributed by atoms with Crippen molar-refractivity contribution in [3.63, 3.8) is 0 Å². The Morgan fingerprint density at radius 3 is 2.79 bits per heavy atom. The topological polar surface area (TPSA) is 37.8 Å². The fourth-order valence-corrected chi connectivity index (χ4v) is 1.76. The van der Waals surface area contributed by atoms with Crippen molar-refractivity contribution >= 4 is 11.8 Å². The van der Waals surface area contributed by atoms with Crippen molar-refractivity contribution in [1.82, 2.24) is 15.3 Å². The first-order valence-corrected chi connectivity index (χ1v) is 6.02. The summed E-state index contributed by atoms with van der Waals surface area (Å²) in [5.74, 6) is 1.08. The molecule has 0 unspecified atom stereocenters. The Kier molecular flexibility index (Phi) is 6.36. The Morgan fingerprint density at radius 1 is 1.29 bits per heavy atom. The number of aromatic nitrogens is 2. The third-order valence-electron chi connectivity index (χ3n) is 1.70. The third kappa shape index (κ3) is 5.19. The van der Waals surface area contributed by atoms with Gasteiger partial charge in [-0.25, -0.2) is 9.97 Å². The van der Waals surface area contributed by atoms with E-state index in [2.05, 4.69) is 22.2 Å². The molecule has 1 heterocycles. The fraction of sp³-hybridized carbons (Fsp3) is 0.600. The van der Waals surface area contributed by atoms with E-state index in [0.717, 1.165) is 24.0 Å². The van der Waals surface area contributed by atoms with E-state index in [1.807, 2.05) is 6.07 Å². The van der Waals surface area contributed by atoms with E-state index >= 15 is 0 Å². The highest BCUT2D eigenvalue weighted by Gasteiger charge is 1.94. The van der Waals surface area contributed by atoms with E-state index in [-0.39, 0.29) is 0 Å². The zero-order chi connectivity index (χ0) is 10.1. The van der Waals surface area contributed by atoms with Crippen LogP contribution in [0.4, 0.5) is 0 Å². The molecule has 0 amide bonds. The SMILES string of the molecule is CCCNCCCSc1ncccn1. The molecule has 0 aliphatic heterocycles. The van der Waals surface area contributed by atoms with Gasteiger partial charge in [-0.15, -0.1) is 0 Å². The fourth-order valence-electron chi connectivity index (χ4n) is 1.02. The second-order valence-electron chi connectivity index (χ2n) is 2.98. The Labute approximate surface area is 89.7 Å². The van der Waals surface area contributed by atoms with Crippen LogP contribution in [-0.2, 0) is 0 Å². The number of rotatable bonds is 7. The highest BCUT2D eigenvalue weighted by Crippen LogP contribution is 2.11. The van der Waals surface area contributed by atoms with Crippen LogP contribution in [0.15, 0.2) is 23.6 Å². The summed E-state index contributed by atoms with van der Waals surface area (Å²) in [6, 6.07) is 1.84. The van der Waals surface area contributed by atoms with Crippen LogP contribution in [0.1, 0.15) is 19.8 Å². The lowest BCUT2D eigenvalue weighted by atomic mass is 10.4. The van der Waals surface area contributed by atoms with Crippen LogP contribution in [0.3, 0.4) is 0 Å². The largest absolute Gasteiger partial charge is 0.317 e. The summed E-state index contributed by atoms with van der Waals surface area (Å²) >= 11 is 1.72.